The molecule has 0 heterocycles. The number of nitrogens with one attached hydrogen (secondary N) is 2. The van der Waals surface area contributed by atoms with Gasteiger partial charge in [-0.15, -0.1) is 0 Å². The first kappa shape index (κ1) is 16.5. The summed E-state index contributed by atoms with van der Waals surface area (Å²) in [6.45, 7) is 10.8. The normalized spacial score (nSPS) is 11.1. The number of benzene rings is 2. The molecule has 2 aromatic carbocycles. The maximum atomic E-state index is 5.48. The van der Waals surface area contributed by atoms with E-state index in [1.54, 1.807) is 0 Å². The molecule has 2 nitrogen and oxygen atoms in total. The van der Waals surface area contributed by atoms with E-state index < -0.39 is 0 Å². The number of hydrogen-bond donors (Lipinski definition) is 2. The molecule has 0 saturated heterocycles. The number of thiocarbonyl (C=S) groups is 1. The molecule has 0 amide bonds. The molecule has 3 heteroatoms. The van der Waals surface area contributed by atoms with Gasteiger partial charge in [0.1, 0.15) is 0 Å². The van der Waals surface area contributed by atoms with Gasteiger partial charge in [0, 0.05) is 11.4 Å². The first-order valence-electron chi connectivity index (χ1n) is 7.52. The van der Waals surface area contributed by atoms with E-state index in [1.807, 2.05) is 6.07 Å². The molecule has 0 aliphatic rings. The first-order chi connectivity index (χ1) is 10.3. The Morgan fingerprint density at radius 1 is 0.909 bits per heavy atom. The molecule has 0 aliphatic carbocycles. The standard InChI is InChI=1S/C19H24N2S/c1-13-10-11-14(2)17(12-13)21-18(22)20-16-9-7-6-8-15(16)19(3,4)5/h6-12H,1-5H3,(H2,20,21,22). The van der Waals surface area contributed by atoms with Gasteiger partial charge in [0.2, 0.25) is 0 Å². The summed E-state index contributed by atoms with van der Waals surface area (Å²) in [6.07, 6.45) is 0. The molecule has 2 aromatic rings. The zero-order valence-electron chi connectivity index (χ0n) is 13.9. The van der Waals surface area contributed by atoms with Crippen LogP contribution in [0.3, 0.4) is 0 Å². The van der Waals surface area contributed by atoms with E-state index in [-0.39, 0.29) is 5.41 Å². The molecular formula is C19H24N2S. The van der Waals surface area contributed by atoms with Gasteiger partial charge in [-0.2, -0.15) is 0 Å². The summed E-state index contributed by atoms with van der Waals surface area (Å²) < 4.78 is 0. The quantitative estimate of drug-likeness (QED) is 0.725. The maximum Gasteiger partial charge on any atom is 0.175 e. The average Bonchev–Trinajstić information content (AvgIpc) is 2.42. The van der Waals surface area contributed by atoms with Crippen LogP contribution in [0.1, 0.15) is 37.5 Å². The minimum absolute atomic E-state index is 0.0679. The molecule has 0 atom stereocenters. The second kappa shape index (κ2) is 6.49. The number of para-hydroxylation sites is 1. The predicted octanol–water partition coefficient (Wildman–Crippen LogP) is 5.41. The fourth-order valence-electron chi connectivity index (χ4n) is 2.39. The molecule has 2 rings (SSSR count). The molecule has 0 bridgehead atoms. The van der Waals surface area contributed by atoms with Gasteiger partial charge in [-0.05, 0) is 60.3 Å². The van der Waals surface area contributed by atoms with Gasteiger partial charge in [0.25, 0.3) is 0 Å². The minimum Gasteiger partial charge on any atom is -0.332 e. The predicted molar refractivity (Wildman–Crippen MR) is 101 cm³/mol. The van der Waals surface area contributed by atoms with E-state index in [1.165, 1.54) is 16.7 Å². The minimum atomic E-state index is 0.0679. The monoisotopic (exact) mass is 312 g/mol. The van der Waals surface area contributed by atoms with Crippen LogP contribution in [0, 0.1) is 13.8 Å². The van der Waals surface area contributed by atoms with Gasteiger partial charge in [0.15, 0.2) is 5.11 Å². The van der Waals surface area contributed by atoms with Crippen molar-refractivity contribution in [3.8, 4) is 0 Å². The maximum absolute atomic E-state index is 5.48. The largest absolute Gasteiger partial charge is 0.332 e. The highest BCUT2D eigenvalue weighted by molar-refractivity contribution is 7.80. The van der Waals surface area contributed by atoms with E-state index in [4.69, 9.17) is 12.2 Å². The van der Waals surface area contributed by atoms with Crippen LogP contribution in [0.5, 0.6) is 0 Å². The van der Waals surface area contributed by atoms with Crippen LogP contribution in [-0.4, -0.2) is 5.11 Å². The van der Waals surface area contributed by atoms with Gasteiger partial charge in [-0.25, -0.2) is 0 Å². The lowest BCUT2D eigenvalue weighted by Gasteiger charge is -2.24. The highest BCUT2D eigenvalue weighted by Gasteiger charge is 2.17. The van der Waals surface area contributed by atoms with Crippen molar-refractivity contribution >= 4 is 28.7 Å². The molecule has 0 radical (unpaired) electrons. The number of anilines is 2. The Labute approximate surface area is 139 Å². The van der Waals surface area contributed by atoms with Crippen molar-refractivity contribution in [2.24, 2.45) is 0 Å². The lowest BCUT2D eigenvalue weighted by Crippen LogP contribution is -2.23. The molecule has 0 unspecified atom stereocenters. The zero-order chi connectivity index (χ0) is 16.3. The summed E-state index contributed by atoms with van der Waals surface area (Å²) in [7, 11) is 0. The molecule has 0 fully saturated rings. The second-order valence-electron chi connectivity index (χ2n) is 6.69. The third-order valence-corrected chi connectivity index (χ3v) is 3.83. The smallest absolute Gasteiger partial charge is 0.175 e. The average molecular weight is 312 g/mol. The van der Waals surface area contributed by atoms with E-state index in [9.17, 15) is 0 Å². The number of hydrogen-bond acceptors (Lipinski definition) is 1. The summed E-state index contributed by atoms with van der Waals surface area (Å²) in [5, 5.41) is 7.25. The Morgan fingerprint density at radius 3 is 2.23 bits per heavy atom. The SMILES string of the molecule is Cc1ccc(C)c(NC(=S)Nc2ccccc2C(C)(C)C)c1. The van der Waals surface area contributed by atoms with Crippen molar-refractivity contribution in [2.75, 3.05) is 10.6 Å². The summed E-state index contributed by atoms with van der Waals surface area (Å²) in [5.74, 6) is 0. The molecule has 0 aromatic heterocycles. The van der Waals surface area contributed by atoms with Crippen LogP contribution >= 0.6 is 12.2 Å². The van der Waals surface area contributed by atoms with Crippen LogP contribution in [0.2, 0.25) is 0 Å². The van der Waals surface area contributed by atoms with E-state index in [0.717, 1.165) is 11.4 Å². The molecule has 116 valence electrons. The first-order valence-corrected chi connectivity index (χ1v) is 7.93. The Bertz CT molecular complexity index is 684. The Kier molecular flexibility index (Phi) is 4.87. The van der Waals surface area contributed by atoms with Crippen molar-refractivity contribution in [2.45, 2.75) is 40.0 Å². The molecule has 0 saturated carbocycles. The summed E-state index contributed by atoms with van der Waals surface area (Å²) in [5.41, 5.74) is 5.81. The van der Waals surface area contributed by atoms with Crippen LogP contribution in [0.25, 0.3) is 0 Å². The van der Waals surface area contributed by atoms with E-state index in [2.05, 4.69) is 81.7 Å². The Hall–Kier alpha value is -1.87. The van der Waals surface area contributed by atoms with E-state index >= 15 is 0 Å². The van der Waals surface area contributed by atoms with E-state index in [0.29, 0.717) is 5.11 Å². The molecule has 22 heavy (non-hydrogen) atoms. The van der Waals surface area contributed by atoms with Crippen LogP contribution in [0.4, 0.5) is 11.4 Å². The summed E-state index contributed by atoms with van der Waals surface area (Å²) in [6, 6.07) is 14.6. The topological polar surface area (TPSA) is 24.1 Å². The number of rotatable bonds is 2. The van der Waals surface area contributed by atoms with Crippen LogP contribution in [0.15, 0.2) is 42.5 Å². The third kappa shape index (κ3) is 4.08. The molecule has 2 N–H and O–H groups in total. The van der Waals surface area contributed by atoms with Gasteiger partial charge in [-0.1, -0.05) is 51.1 Å². The fourth-order valence-corrected chi connectivity index (χ4v) is 2.61. The van der Waals surface area contributed by atoms with Crippen molar-refractivity contribution in [3.63, 3.8) is 0 Å². The van der Waals surface area contributed by atoms with Crippen LogP contribution in [-0.2, 0) is 5.41 Å². The Balaban J connectivity index is 2.18. The van der Waals surface area contributed by atoms with Crippen molar-refractivity contribution in [1.29, 1.82) is 0 Å². The summed E-state index contributed by atoms with van der Waals surface area (Å²) >= 11 is 5.48. The third-order valence-electron chi connectivity index (χ3n) is 3.62. The fraction of sp³-hybridized carbons (Fsp3) is 0.316. The van der Waals surface area contributed by atoms with Gasteiger partial charge in [0.05, 0.1) is 0 Å². The molecule has 0 spiro atoms. The zero-order valence-corrected chi connectivity index (χ0v) is 14.8. The van der Waals surface area contributed by atoms with Crippen LogP contribution < -0.4 is 10.6 Å². The Morgan fingerprint density at radius 2 is 1.55 bits per heavy atom. The lowest BCUT2D eigenvalue weighted by molar-refractivity contribution is 0.592. The van der Waals surface area contributed by atoms with Crippen molar-refractivity contribution in [3.05, 3.63) is 59.2 Å². The molecule has 0 aliphatic heterocycles. The van der Waals surface area contributed by atoms with Gasteiger partial charge >= 0.3 is 0 Å². The summed E-state index contributed by atoms with van der Waals surface area (Å²) in [4.78, 5) is 0. The second-order valence-corrected chi connectivity index (χ2v) is 7.10. The highest BCUT2D eigenvalue weighted by atomic mass is 32.1. The van der Waals surface area contributed by atoms with Gasteiger partial charge < -0.3 is 10.6 Å². The lowest BCUT2D eigenvalue weighted by atomic mass is 9.86. The van der Waals surface area contributed by atoms with Gasteiger partial charge in [-0.3, -0.25) is 0 Å². The highest BCUT2D eigenvalue weighted by Crippen LogP contribution is 2.29. The van der Waals surface area contributed by atoms with Crippen molar-refractivity contribution in [1.82, 2.24) is 0 Å². The number of aryl methyl sites for hydroxylation is 2. The van der Waals surface area contributed by atoms with Crippen molar-refractivity contribution < 1.29 is 0 Å². The molecular weight excluding hydrogens is 288 g/mol.